The van der Waals surface area contributed by atoms with Crippen molar-refractivity contribution in [1.82, 2.24) is 25.3 Å². The van der Waals surface area contributed by atoms with Gasteiger partial charge in [0.25, 0.3) is 0 Å². The lowest BCUT2D eigenvalue weighted by Gasteiger charge is -2.29. The summed E-state index contributed by atoms with van der Waals surface area (Å²) in [6.45, 7) is 2.02. The first-order valence-electron chi connectivity index (χ1n) is 11.7. The molecular formula is C24H28ClN7O2. The lowest BCUT2D eigenvalue weighted by atomic mass is 9.86. The summed E-state index contributed by atoms with van der Waals surface area (Å²) in [5.74, 6) is 1.98. The van der Waals surface area contributed by atoms with Crippen LogP contribution in [0.15, 0.2) is 36.8 Å². The van der Waals surface area contributed by atoms with E-state index in [1.807, 2.05) is 18.2 Å². The molecule has 2 aliphatic rings. The van der Waals surface area contributed by atoms with Crippen molar-refractivity contribution in [2.45, 2.75) is 44.2 Å². The molecule has 0 aromatic carbocycles. The van der Waals surface area contributed by atoms with E-state index in [9.17, 15) is 4.79 Å². The number of aromatic nitrogens is 4. The van der Waals surface area contributed by atoms with E-state index in [0.717, 1.165) is 54.5 Å². The summed E-state index contributed by atoms with van der Waals surface area (Å²) in [7, 11) is 0. The third kappa shape index (κ3) is 5.71. The highest BCUT2D eigenvalue weighted by atomic mass is 35.5. The van der Waals surface area contributed by atoms with E-state index in [1.54, 1.807) is 18.6 Å². The van der Waals surface area contributed by atoms with Crippen molar-refractivity contribution in [2.75, 3.05) is 30.4 Å². The van der Waals surface area contributed by atoms with Gasteiger partial charge in [0, 0.05) is 36.6 Å². The molecule has 2 fully saturated rings. The predicted molar refractivity (Wildman–Crippen MR) is 131 cm³/mol. The SMILES string of the molecule is O=C(Cc1cnc(NC[C@H]2CC[C@H](Nc3ccc4ccnc(Cl)c4n3)CC2)nc1)NC1COC1. The van der Waals surface area contributed by atoms with E-state index < -0.39 is 0 Å². The molecule has 0 atom stereocenters. The molecule has 4 heterocycles. The number of halogens is 1. The number of rotatable bonds is 8. The number of carbonyl (C=O) groups excluding carboxylic acids is 1. The van der Waals surface area contributed by atoms with E-state index in [-0.39, 0.29) is 18.4 Å². The second-order valence-corrected chi connectivity index (χ2v) is 9.36. The fourth-order valence-electron chi connectivity index (χ4n) is 4.37. The summed E-state index contributed by atoms with van der Waals surface area (Å²) in [6.07, 6.45) is 9.79. The summed E-state index contributed by atoms with van der Waals surface area (Å²) in [6, 6.07) is 6.47. The van der Waals surface area contributed by atoms with Crippen LogP contribution < -0.4 is 16.0 Å². The van der Waals surface area contributed by atoms with Crippen molar-refractivity contribution in [3.05, 3.63) is 47.5 Å². The lowest BCUT2D eigenvalue weighted by Crippen LogP contribution is -2.49. The minimum Gasteiger partial charge on any atom is -0.377 e. The first-order chi connectivity index (χ1) is 16.6. The standard InChI is InChI=1S/C24H28ClN7O2/c25-23-22-17(7-8-26-23)3-6-20(32-22)30-18-4-1-15(2-5-18)10-27-24-28-11-16(12-29-24)9-21(33)31-19-13-34-14-19/h3,6-8,11-12,15,18-19H,1-2,4-5,9-10,13-14H2,(H,30,32)(H,31,33)(H,27,28,29)/t15-,18-. The molecule has 178 valence electrons. The van der Waals surface area contributed by atoms with Gasteiger partial charge in [-0.2, -0.15) is 0 Å². The first-order valence-corrected chi connectivity index (χ1v) is 12.1. The van der Waals surface area contributed by atoms with Crippen molar-refractivity contribution in [3.8, 4) is 0 Å². The molecule has 10 heteroatoms. The quantitative estimate of drug-likeness (QED) is 0.420. The maximum atomic E-state index is 12.0. The van der Waals surface area contributed by atoms with Gasteiger partial charge in [0.1, 0.15) is 11.3 Å². The molecule has 1 saturated carbocycles. The summed E-state index contributed by atoms with van der Waals surface area (Å²) in [5.41, 5.74) is 1.53. The van der Waals surface area contributed by atoms with Crippen molar-refractivity contribution < 1.29 is 9.53 Å². The monoisotopic (exact) mass is 481 g/mol. The van der Waals surface area contributed by atoms with Crippen LogP contribution in [-0.4, -0.2) is 57.7 Å². The van der Waals surface area contributed by atoms with Crippen molar-refractivity contribution in [1.29, 1.82) is 0 Å². The molecule has 0 spiro atoms. The molecule has 34 heavy (non-hydrogen) atoms. The molecule has 9 nitrogen and oxygen atoms in total. The molecule has 3 N–H and O–H groups in total. The Kier molecular flexibility index (Phi) is 7.01. The molecular weight excluding hydrogens is 454 g/mol. The van der Waals surface area contributed by atoms with E-state index in [0.29, 0.717) is 36.3 Å². The Morgan fingerprint density at radius 1 is 1.03 bits per heavy atom. The number of hydrogen-bond donors (Lipinski definition) is 3. The fraction of sp³-hybridized carbons (Fsp3) is 0.458. The van der Waals surface area contributed by atoms with Gasteiger partial charge in [0.05, 0.1) is 25.7 Å². The fourth-order valence-corrected chi connectivity index (χ4v) is 4.58. The predicted octanol–water partition coefficient (Wildman–Crippen LogP) is 3.21. The molecule has 0 radical (unpaired) electrons. The third-order valence-corrected chi connectivity index (χ3v) is 6.66. The summed E-state index contributed by atoms with van der Waals surface area (Å²) >= 11 is 6.19. The Morgan fingerprint density at radius 2 is 1.82 bits per heavy atom. The molecule has 1 saturated heterocycles. The molecule has 3 aromatic heterocycles. The zero-order valence-corrected chi connectivity index (χ0v) is 19.6. The van der Waals surface area contributed by atoms with Gasteiger partial charge in [-0.15, -0.1) is 0 Å². The zero-order chi connectivity index (χ0) is 23.3. The molecule has 3 aromatic rings. The lowest BCUT2D eigenvalue weighted by molar-refractivity contribution is -0.124. The second kappa shape index (κ2) is 10.5. The number of carbonyl (C=O) groups is 1. The number of anilines is 2. The van der Waals surface area contributed by atoms with Gasteiger partial charge in [0.2, 0.25) is 11.9 Å². The molecule has 1 aliphatic heterocycles. The normalized spacial score (nSPS) is 20.5. The molecule has 1 aliphatic carbocycles. The van der Waals surface area contributed by atoms with E-state index in [1.165, 1.54) is 0 Å². The molecule has 0 unspecified atom stereocenters. The summed E-state index contributed by atoms with van der Waals surface area (Å²) in [5, 5.41) is 11.2. The van der Waals surface area contributed by atoms with Crippen molar-refractivity contribution >= 4 is 40.2 Å². The van der Waals surface area contributed by atoms with Gasteiger partial charge >= 0.3 is 0 Å². The van der Waals surface area contributed by atoms with Crippen LogP contribution in [0.2, 0.25) is 5.15 Å². The Balaban J connectivity index is 1.05. The maximum Gasteiger partial charge on any atom is 0.224 e. The molecule has 0 bridgehead atoms. The van der Waals surface area contributed by atoms with Crippen LogP contribution in [0.1, 0.15) is 31.2 Å². The highest BCUT2D eigenvalue weighted by Crippen LogP contribution is 2.27. The van der Waals surface area contributed by atoms with Gasteiger partial charge in [-0.05, 0) is 55.4 Å². The summed E-state index contributed by atoms with van der Waals surface area (Å²) < 4.78 is 5.07. The van der Waals surface area contributed by atoms with Crippen LogP contribution in [0, 0.1) is 5.92 Å². The Bertz CT molecular complexity index is 1130. The number of nitrogens with zero attached hydrogens (tertiary/aromatic N) is 4. The minimum absolute atomic E-state index is 0.0263. The maximum absolute atomic E-state index is 12.0. The summed E-state index contributed by atoms with van der Waals surface area (Å²) in [4.78, 5) is 29.5. The third-order valence-electron chi connectivity index (χ3n) is 6.38. The highest BCUT2D eigenvalue weighted by Gasteiger charge is 2.22. The van der Waals surface area contributed by atoms with E-state index >= 15 is 0 Å². The average Bonchev–Trinajstić information content (AvgIpc) is 2.82. The number of fused-ring (bicyclic) bond motifs is 1. The Hall–Kier alpha value is -3.04. The van der Waals surface area contributed by atoms with Crippen molar-refractivity contribution in [3.63, 3.8) is 0 Å². The molecule has 1 amide bonds. The highest BCUT2D eigenvalue weighted by molar-refractivity contribution is 6.33. The van der Waals surface area contributed by atoms with E-state index in [4.69, 9.17) is 16.3 Å². The number of ether oxygens (including phenoxy) is 1. The van der Waals surface area contributed by atoms with Gasteiger partial charge in [-0.25, -0.2) is 19.9 Å². The van der Waals surface area contributed by atoms with Gasteiger partial charge < -0.3 is 20.7 Å². The van der Waals surface area contributed by atoms with Crippen LogP contribution >= 0.6 is 11.6 Å². The Morgan fingerprint density at radius 3 is 2.56 bits per heavy atom. The topological polar surface area (TPSA) is 114 Å². The van der Waals surface area contributed by atoms with Crippen LogP contribution in [0.5, 0.6) is 0 Å². The molecule has 5 rings (SSSR count). The van der Waals surface area contributed by atoms with Crippen LogP contribution in [-0.2, 0) is 16.0 Å². The number of pyridine rings is 2. The first kappa shape index (κ1) is 22.7. The van der Waals surface area contributed by atoms with Crippen LogP contribution in [0.4, 0.5) is 11.8 Å². The van der Waals surface area contributed by atoms with Gasteiger partial charge in [-0.3, -0.25) is 4.79 Å². The zero-order valence-electron chi connectivity index (χ0n) is 18.8. The average molecular weight is 482 g/mol. The number of hydrogen-bond acceptors (Lipinski definition) is 8. The Labute approximate surface area is 203 Å². The van der Waals surface area contributed by atoms with E-state index in [2.05, 4.69) is 35.9 Å². The van der Waals surface area contributed by atoms with Gasteiger partial charge in [0.15, 0.2) is 5.15 Å². The van der Waals surface area contributed by atoms with Crippen LogP contribution in [0.3, 0.4) is 0 Å². The van der Waals surface area contributed by atoms with Crippen molar-refractivity contribution in [2.24, 2.45) is 5.92 Å². The number of amides is 1. The smallest absolute Gasteiger partial charge is 0.224 e. The van der Waals surface area contributed by atoms with Gasteiger partial charge in [-0.1, -0.05) is 11.6 Å². The largest absolute Gasteiger partial charge is 0.377 e. The van der Waals surface area contributed by atoms with Crippen LogP contribution in [0.25, 0.3) is 10.9 Å². The number of nitrogens with one attached hydrogen (secondary N) is 3. The second-order valence-electron chi connectivity index (χ2n) is 9.01. The minimum atomic E-state index is -0.0263.